The van der Waals surface area contributed by atoms with Crippen molar-refractivity contribution in [3.8, 4) is 0 Å². The number of hydrogen-bond donors (Lipinski definition) is 2. The minimum atomic E-state index is -0.777. The van der Waals surface area contributed by atoms with Crippen LogP contribution in [0.4, 0.5) is 5.82 Å². The second-order valence-corrected chi connectivity index (χ2v) is 4.20. The summed E-state index contributed by atoms with van der Waals surface area (Å²) < 4.78 is 0. The number of likely N-dealkylation sites (N-methyl/N-ethyl adjacent to an activating group) is 1. The summed E-state index contributed by atoms with van der Waals surface area (Å²) in [7, 11) is 3.85. The highest BCUT2D eigenvalue weighted by molar-refractivity contribution is 5.31. The highest BCUT2D eigenvalue weighted by Gasteiger charge is 2.20. The van der Waals surface area contributed by atoms with E-state index in [-0.39, 0.29) is 0 Å². The molecule has 0 bridgehead atoms. The molecule has 84 valence electrons. The van der Waals surface area contributed by atoms with Gasteiger partial charge in [-0.1, -0.05) is 0 Å². The monoisotopic (exact) mass is 210 g/mol. The zero-order chi connectivity index (χ0) is 11.3. The van der Waals surface area contributed by atoms with Crippen molar-refractivity contribution in [3.05, 3.63) is 18.3 Å². The van der Waals surface area contributed by atoms with E-state index in [1.165, 1.54) is 0 Å². The number of rotatable bonds is 5. The number of anilines is 1. The van der Waals surface area contributed by atoms with Crippen molar-refractivity contribution in [2.45, 2.75) is 12.5 Å². The largest absolute Gasteiger partial charge is 0.387 e. The topological polar surface area (TPSA) is 61.3 Å². The van der Waals surface area contributed by atoms with E-state index in [1.807, 2.05) is 25.1 Å². The van der Waals surface area contributed by atoms with Crippen LogP contribution < -0.4 is 5.32 Å². The molecule has 1 rings (SSSR count). The standard InChI is InChI=1S/C10H18N4O/c1-10(15,8-14(2)3)7-11-9-5-4-6-12-13-9/h4-6,15H,7-8H2,1-3H3,(H,11,13). The average Bonchev–Trinajstić information content (AvgIpc) is 2.15. The normalized spacial score (nSPS) is 15.0. The number of aromatic nitrogens is 2. The summed E-state index contributed by atoms with van der Waals surface area (Å²) in [6, 6.07) is 3.62. The van der Waals surface area contributed by atoms with Gasteiger partial charge in [0, 0.05) is 19.3 Å². The maximum absolute atomic E-state index is 9.99. The van der Waals surface area contributed by atoms with Crippen LogP contribution in [-0.2, 0) is 0 Å². The molecule has 5 heteroatoms. The molecule has 0 aromatic carbocycles. The van der Waals surface area contributed by atoms with E-state index in [2.05, 4.69) is 15.5 Å². The predicted octanol–water partition coefficient (Wildman–Crippen LogP) is 0.201. The van der Waals surface area contributed by atoms with E-state index in [4.69, 9.17) is 0 Å². The first-order valence-electron chi connectivity index (χ1n) is 4.88. The van der Waals surface area contributed by atoms with Gasteiger partial charge in [0.05, 0.1) is 5.60 Å². The molecular weight excluding hydrogens is 192 g/mol. The van der Waals surface area contributed by atoms with Gasteiger partial charge in [0.15, 0.2) is 0 Å². The number of aliphatic hydroxyl groups is 1. The van der Waals surface area contributed by atoms with Gasteiger partial charge in [-0.3, -0.25) is 0 Å². The fraction of sp³-hybridized carbons (Fsp3) is 0.600. The molecule has 0 aliphatic rings. The van der Waals surface area contributed by atoms with E-state index < -0.39 is 5.60 Å². The molecule has 1 heterocycles. The first-order chi connectivity index (χ1) is 6.99. The van der Waals surface area contributed by atoms with E-state index in [0.29, 0.717) is 18.9 Å². The molecule has 0 aliphatic carbocycles. The summed E-state index contributed by atoms with van der Waals surface area (Å²) in [5.41, 5.74) is -0.777. The van der Waals surface area contributed by atoms with Gasteiger partial charge in [-0.25, -0.2) is 0 Å². The van der Waals surface area contributed by atoms with Crippen LogP contribution in [-0.4, -0.2) is 53.0 Å². The molecule has 0 aliphatic heterocycles. The van der Waals surface area contributed by atoms with E-state index >= 15 is 0 Å². The lowest BCUT2D eigenvalue weighted by Gasteiger charge is -2.27. The Morgan fingerprint density at radius 3 is 2.80 bits per heavy atom. The van der Waals surface area contributed by atoms with E-state index in [9.17, 15) is 5.11 Å². The highest BCUT2D eigenvalue weighted by atomic mass is 16.3. The summed E-state index contributed by atoms with van der Waals surface area (Å²) in [5.74, 6) is 0.677. The maximum Gasteiger partial charge on any atom is 0.148 e. The molecule has 5 nitrogen and oxygen atoms in total. The Bertz CT molecular complexity index is 287. The third-order valence-electron chi connectivity index (χ3n) is 1.88. The van der Waals surface area contributed by atoms with Gasteiger partial charge < -0.3 is 15.3 Å². The zero-order valence-electron chi connectivity index (χ0n) is 9.44. The molecule has 0 saturated carbocycles. The second-order valence-electron chi connectivity index (χ2n) is 4.20. The van der Waals surface area contributed by atoms with Crippen molar-refractivity contribution in [1.82, 2.24) is 15.1 Å². The Balaban J connectivity index is 2.42. The number of nitrogens with zero attached hydrogens (tertiary/aromatic N) is 3. The van der Waals surface area contributed by atoms with Gasteiger partial charge in [-0.15, -0.1) is 5.10 Å². The van der Waals surface area contributed by atoms with Gasteiger partial charge in [0.1, 0.15) is 5.82 Å². The van der Waals surface area contributed by atoms with Crippen LogP contribution in [0.15, 0.2) is 18.3 Å². The van der Waals surface area contributed by atoms with Crippen molar-refractivity contribution in [3.63, 3.8) is 0 Å². The number of hydrogen-bond acceptors (Lipinski definition) is 5. The fourth-order valence-corrected chi connectivity index (χ4v) is 1.41. The Morgan fingerprint density at radius 2 is 2.27 bits per heavy atom. The van der Waals surface area contributed by atoms with Crippen LogP contribution >= 0.6 is 0 Å². The van der Waals surface area contributed by atoms with Crippen LogP contribution in [0.2, 0.25) is 0 Å². The first kappa shape index (κ1) is 11.9. The Morgan fingerprint density at radius 1 is 1.53 bits per heavy atom. The van der Waals surface area contributed by atoms with E-state index in [0.717, 1.165) is 0 Å². The summed E-state index contributed by atoms with van der Waals surface area (Å²) >= 11 is 0. The molecule has 1 atom stereocenters. The van der Waals surface area contributed by atoms with Crippen molar-refractivity contribution in [1.29, 1.82) is 0 Å². The van der Waals surface area contributed by atoms with E-state index in [1.54, 1.807) is 19.2 Å². The van der Waals surface area contributed by atoms with Crippen LogP contribution in [0.1, 0.15) is 6.92 Å². The molecule has 0 fully saturated rings. The molecular formula is C10H18N4O. The van der Waals surface area contributed by atoms with Crippen LogP contribution in [0.3, 0.4) is 0 Å². The van der Waals surface area contributed by atoms with Crippen LogP contribution in [0.25, 0.3) is 0 Å². The van der Waals surface area contributed by atoms with Gasteiger partial charge >= 0.3 is 0 Å². The molecule has 0 amide bonds. The van der Waals surface area contributed by atoms with Gasteiger partial charge in [0.25, 0.3) is 0 Å². The molecule has 15 heavy (non-hydrogen) atoms. The zero-order valence-corrected chi connectivity index (χ0v) is 9.44. The van der Waals surface area contributed by atoms with Crippen LogP contribution in [0, 0.1) is 0 Å². The van der Waals surface area contributed by atoms with Gasteiger partial charge in [0.2, 0.25) is 0 Å². The fourth-order valence-electron chi connectivity index (χ4n) is 1.41. The summed E-state index contributed by atoms with van der Waals surface area (Å²) in [4.78, 5) is 1.94. The highest BCUT2D eigenvalue weighted by Crippen LogP contribution is 2.06. The van der Waals surface area contributed by atoms with Crippen molar-refractivity contribution in [2.75, 3.05) is 32.5 Å². The Labute approximate surface area is 90.1 Å². The molecule has 0 saturated heterocycles. The lowest BCUT2D eigenvalue weighted by atomic mass is 10.1. The Hall–Kier alpha value is -1.20. The molecule has 1 unspecified atom stereocenters. The molecule has 0 spiro atoms. The lowest BCUT2D eigenvalue weighted by molar-refractivity contribution is 0.0459. The molecule has 2 N–H and O–H groups in total. The first-order valence-corrected chi connectivity index (χ1v) is 4.88. The third kappa shape index (κ3) is 4.71. The Kier molecular flexibility index (Phi) is 3.99. The van der Waals surface area contributed by atoms with Crippen molar-refractivity contribution >= 4 is 5.82 Å². The minimum Gasteiger partial charge on any atom is -0.387 e. The minimum absolute atomic E-state index is 0.448. The smallest absolute Gasteiger partial charge is 0.148 e. The lowest BCUT2D eigenvalue weighted by Crippen LogP contribution is -2.43. The third-order valence-corrected chi connectivity index (χ3v) is 1.88. The van der Waals surface area contributed by atoms with Crippen LogP contribution in [0.5, 0.6) is 0 Å². The molecule has 1 aromatic heterocycles. The summed E-state index contributed by atoms with van der Waals surface area (Å²) in [6.45, 7) is 2.83. The summed E-state index contributed by atoms with van der Waals surface area (Å²) in [5, 5.41) is 20.7. The maximum atomic E-state index is 9.99. The van der Waals surface area contributed by atoms with Crippen molar-refractivity contribution < 1.29 is 5.11 Å². The molecule has 0 radical (unpaired) electrons. The van der Waals surface area contributed by atoms with Gasteiger partial charge in [-0.05, 0) is 33.2 Å². The van der Waals surface area contributed by atoms with Crippen molar-refractivity contribution in [2.24, 2.45) is 0 Å². The SMILES string of the molecule is CN(C)CC(C)(O)CNc1cccnn1. The van der Waals surface area contributed by atoms with Gasteiger partial charge in [-0.2, -0.15) is 5.10 Å². The molecule has 1 aromatic rings. The quantitative estimate of drug-likeness (QED) is 0.727. The predicted molar refractivity (Wildman–Crippen MR) is 59.7 cm³/mol. The summed E-state index contributed by atoms with van der Waals surface area (Å²) in [6.07, 6.45) is 1.61. The number of nitrogens with one attached hydrogen (secondary N) is 1. The average molecular weight is 210 g/mol. The second kappa shape index (κ2) is 5.04.